The number of rotatable bonds is 5. The number of amides is 1. The number of aromatic nitrogens is 2. The van der Waals surface area contributed by atoms with Crippen LogP contribution in [0.25, 0.3) is 10.9 Å². The van der Waals surface area contributed by atoms with E-state index in [0.29, 0.717) is 42.6 Å². The largest absolute Gasteiger partial charge is 0.389 e. The summed E-state index contributed by atoms with van der Waals surface area (Å²) in [6.45, 7) is 0.952. The maximum Gasteiger partial charge on any atom is 0.329 e. The zero-order valence-electron chi connectivity index (χ0n) is 17.3. The van der Waals surface area contributed by atoms with E-state index < -0.39 is 22.9 Å². The first-order valence-electron chi connectivity index (χ1n) is 10.7. The number of likely N-dealkylation sites (tertiary alicyclic amines) is 1. The van der Waals surface area contributed by atoms with Gasteiger partial charge in [0.25, 0.3) is 5.56 Å². The Hall–Kier alpha value is -2.06. The number of para-hydroxylation sites is 1. The molecule has 30 heavy (non-hydrogen) atoms. The first kappa shape index (κ1) is 21.2. The molecule has 0 unspecified atom stereocenters. The molecule has 4 rings (SSSR count). The van der Waals surface area contributed by atoms with E-state index in [1.54, 1.807) is 40.9 Å². The van der Waals surface area contributed by atoms with Crippen LogP contribution in [-0.2, 0) is 4.79 Å². The molecule has 2 heterocycles. The standard InChI is InChI=1S/C22H29N3O4S/c1-30-13-9-18(25-19(26)16-7-2-3-8-17(16)23-21(25)28)20(27)24-12-11-22(29)10-5-4-6-15(22)14-24/h2-3,7-8,15,18,29H,4-6,9-14H2,1H3,(H,23,28)/t15-,18+,22-/m1/s1. The number of nitrogens with one attached hydrogen (secondary N) is 1. The van der Waals surface area contributed by atoms with E-state index in [-0.39, 0.29) is 11.8 Å². The highest BCUT2D eigenvalue weighted by molar-refractivity contribution is 7.98. The van der Waals surface area contributed by atoms with Gasteiger partial charge in [-0.3, -0.25) is 9.59 Å². The summed E-state index contributed by atoms with van der Waals surface area (Å²) in [5, 5.41) is 11.3. The predicted octanol–water partition coefficient (Wildman–Crippen LogP) is 2.14. The molecule has 1 aliphatic carbocycles. The lowest BCUT2D eigenvalue weighted by molar-refractivity contribution is -0.146. The van der Waals surface area contributed by atoms with E-state index in [1.165, 1.54) is 0 Å². The molecule has 2 fully saturated rings. The molecule has 162 valence electrons. The highest BCUT2D eigenvalue weighted by atomic mass is 32.2. The molecular formula is C22H29N3O4S. The Labute approximate surface area is 179 Å². The van der Waals surface area contributed by atoms with Gasteiger partial charge in [-0.05, 0) is 49.8 Å². The highest BCUT2D eigenvalue weighted by Gasteiger charge is 2.44. The number of nitrogens with zero attached hydrogens (tertiary/aromatic N) is 2. The van der Waals surface area contributed by atoms with Crippen LogP contribution in [0.4, 0.5) is 0 Å². The second kappa shape index (κ2) is 8.59. The number of aromatic amines is 1. The predicted molar refractivity (Wildman–Crippen MR) is 119 cm³/mol. The van der Waals surface area contributed by atoms with E-state index in [2.05, 4.69) is 4.98 Å². The summed E-state index contributed by atoms with van der Waals surface area (Å²) in [6.07, 6.45) is 6.70. The van der Waals surface area contributed by atoms with Crippen molar-refractivity contribution in [2.45, 2.75) is 50.2 Å². The number of benzene rings is 1. The summed E-state index contributed by atoms with van der Waals surface area (Å²) in [6, 6.07) is 6.03. The number of H-pyrrole nitrogens is 1. The van der Waals surface area contributed by atoms with Crippen LogP contribution < -0.4 is 11.2 Å². The molecule has 1 aromatic heterocycles. The van der Waals surface area contributed by atoms with Gasteiger partial charge >= 0.3 is 5.69 Å². The van der Waals surface area contributed by atoms with Crippen molar-refractivity contribution in [3.05, 3.63) is 45.1 Å². The van der Waals surface area contributed by atoms with Gasteiger partial charge in [0.2, 0.25) is 5.91 Å². The lowest BCUT2D eigenvalue weighted by atomic mass is 9.71. The van der Waals surface area contributed by atoms with Crippen molar-refractivity contribution in [3.8, 4) is 0 Å². The van der Waals surface area contributed by atoms with Crippen LogP contribution in [0.5, 0.6) is 0 Å². The fraction of sp³-hybridized carbons (Fsp3) is 0.591. The van der Waals surface area contributed by atoms with Gasteiger partial charge in [-0.2, -0.15) is 11.8 Å². The summed E-state index contributed by atoms with van der Waals surface area (Å²) in [5.41, 5.74) is -1.18. The molecule has 1 saturated carbocycles. The Morgan fingerprint density at radius 3 is 2.90 bits per heavy atom. The third-order valence-corrected chi connectivity index (χ3v) is 7.41. The van der Waals surface area contributed by atoms with Crippen molar-refractivity contribution in [3.63, 3.8) is 0 Å². The second-order valence-corrected chi connectivity index (χ2v) is 9.51. The maximum absolute atomic E-state index is 13.5. The van der Waals surface area contributed by atoms with Crippen LogP contribution in [0.15, 0.2) is 33.9 Å². The van der Waals surface area contributed by atoms with Gasteiger partial charge in [0.05, 0.1) is 16.5 Å². The number of aliphatic hydroxyl groups is 1. The monoisotopic (exact) mass is 431 g/mol. The third-order valence-electron chi connectivity index (χ3n) is 6.77. The summed E-state index contributed by atoms with van der Waals surface area (Å²) in [5.74, 6) is 0.535. The molecule has 0 spiro atoms. The summed E-state index contributed by atoms with van der Waals surface area (Å²) >= 11 is 1.58. The van der Waals surface area contributed by atoms with Crippen LogP contribution in [-0.4, -0.2) is 56.2 Å². The summed E-state index contributed by atoms with van der Waals surface area (Å²) in [4.78, 5) is 44.0. The minimum atomic E-state index is -0.840. The SMILES string of the molecule is CSCC[C@@H](C(=O)N1CC[C@]2(O)CCCC[C@@H]2C1)n1c(=O)[nH]c2ccccc2c1=O. The van der Waals surface area contributed by atoms with E-state index in [9.17, 15) is 19.5 Å². The molecule has 1 aliphatic heterocycles. The number of carbonyl (C=O) groups is 1. The second-order valence-electron chi connectivity index (χ2n) is 8.53. The van der Waals surface area contributed by atoms with Gasteiger partial charge in [-0.1, -0.05) is 25.0 Å². The van der Waals surface area contributed by atoms with Crippen molar-refractivity contribution in [2.24, 2.45) is 5.92 Å². The Morgan fingerprint density at radius 2 is 2.10 bits per heavy atom. The number of carbonyl (C=O) groups excluding carboxylic acids is 1. The van der Waals surface area contributed by atoms with Crippen molar-refractivity contribution < 1.29 is 9.90 Å². The molecule has 0 bridgehead atoms. The van der Waals surface area contributed by atoms with E-state index in [0.717, 1.165) is 30.3 Å². The number of hydrogen-bond donors (Lipinski definition) is 2. The molecule has 2 N–H and O–H groups in total. The Bertz CT molecular complexity index is 1050. The molecule has 2 aliphatic rings. The van der Waals surface area contributed by atoms with E-state index in [1.807, 2.05) is 6.26 Å². The minimum Gasteiger partial charge on any atom is -0.389 e. The van der Waals surface area contributed by atoms with E-state index in [4.69, 9.17) is 0 Å². The fourth-order valence-corrected chi connectivity index (χ4v) is 5.49. The van der Waals surface area contributed by atoms with Gasteiger partial charge in [0.1, 0.15) is 6.04 Å². The van der Waals surface area contributed by atoms with Gasteiger partial charge in [-0.15, -0.1) is 0 Å². The van der Waals surface area contributed by atoms with Crippen LogP contribution >= 0.6 is 11.8 Å². The summed E-state index contributed by atoms with van der Waals surface area (Å²) < 4.78 is 1.10. The fourth-order valence-electron chi connectivity index (χ4n) is 5.03. The van der Waals surface area contributed by atoms with Crippen LogP contribution in [0.2, 0.25) is 0 Å². The maximum atomic E-state index is 13.5. The zero-order chi connectivity index (χ0) is 21.3. The van der Waals surface area contributed by atoms with Crippen molar-refractivity contribution in [1.29, 1.82) is 0 Å². The molecule has 7 nitrogen and oxygen atoms in total. The van der Waals surface area contributed by atoms with E-state index >= 15 is 0 Å². The van der Waals surface area contributed by atoms with Gasteiger partial charge < -0.3 is 15.0 Å². The molecule has 2 aromatic rings. The lowest BCUT2D eigenvalue weighted by Gasteiger charge is -2.48. The zero-order valence-corrected chi connectivity index (χ0v) is 18.1. The topological polar surface area (TPSA) is 95.4 Å². The smallest absolute Gasteiger partial charge is 0.329 e. The van der Waals surface area contributed by atoms with Crippen LogP contribution in [0, 0.1) is 5.92 Å². The minimum absolute atomic E-state index is 0.0664. The van der Waals surface area contributed by atoms with Crippen molar-refractivity contribution in [1.82, 2.24) is 14.5 Å². The first-order valence-corrected chi connectivity index (χ1v) is 12.1. The average molecular weight is 432 g/mol. The Balaban J connectivity index is 1.68. The quantitative estimate of drug-likeness (QED) is 0.756. The average Bonchev–Trinajstić information content (AvgIpc) is 2.75. The van der Waals surface area contributed by atoms with Crippen molar-refractivity contribution in [2.75, 3.05) is 25.1 Å². The molecule has 3 atom stereocenters. The Morgan fingerprint density at radius 1 is 1.30 bits per heavy atom. The number of hydrogen-bond acceptors (Lipinski definition) is 5. The number of fused-ring (bicyclic) bond motifs is 2. The molecule has 1 saturated heterocycles. The van der Waals surface area contributed by atoms with Crippen LogP contribution in [0.1, 0.15) is 44.6 Å². The molecule has 0 radical (unpaired) electrons. The lowest BCUT2D eigenvalue weighted by Crippen LogP contribution is -2.56. The summed E-state index contributed by atoms with van der Waals surface area (Å²) in [7, 11) is 0. The Kier molecular flexibility index (Phi) is 6.06. The third kappa shape index (κ3) is 3.83. The first-order chi connectivity index (χ1) is 14.4. The van der Waals surface area contributed by atoms with Gasteiger partial charge in [-0.25, -0.2) is 9.36 Å². The number of thioether (sulfide) groups is 1. The molecular weight excluding hydrogens is 402 g/mol. The van der Waals surface area contributed by atoms with Gasteiger partial charge in [0, 0.05) is 19.0 Å². The molecule has 1 aromatic carbocycles. The number of piperidine rings is 1. The molecule has 8 heteroatoms. The normalized spacial score (nSPS) is 25.1. The van der Waals surface area contributed by atoms with Crippen molar-refractivity contribution >= 4 is 28.6 Å². The highest BCUT2D eigenvalue weighted by Crippen LogP contribution is 2.40. The molecule has 1 amide bonds. The van der Waals surface area contributed by atoms with Crippen LogP contribution in [0.3, 0.4) is 0 Å². The van der Waals surface area contributed by atoms with Gasteiger partial charge in [0.15, 0.2) is 0 Å².